The van der Waals surface area contributed by atoms with E-state index in [1.807, 2.05) is 0 Å². The summed E-state index contributed by atoms with van der Waals surface area (Å²) < 4.78 is 0. The van der Waals surface area contributed by atoms with Crippen LogP contribution in [0, 0.1) is 0 Å². The standard InChI is InChI=1S/C18H38N2O2/c1-2-3-14-19-15-10-6-4-5-7-11-16-20-17-12-8-9-13-18(21)22/h19-20H,2-17H2,1H3,(H,21,22). The highest BCUT2D eigenvalue weighted by Gasteiger charge is 1.96. The largest absolute Gasteiger partial charge is 0.481 e. The Morgan fingerprint density at radius 3 is 1.55 bits per heavy atom. The molecule has 0 aromatic heterocycles. The second kappa shape index (κ2) is 18.4. The number of rotatable bonds is 18. The molecule has 0 fully saturated rings. The summed E-state index contributed by atoms with van der Waals surface area (Å²) in [6, 6.07) is 0. The van der Waals surface area contributed by atoms with Crippen LogP contribution in [0.25, 0.3) is 0 Å². The lowest BCUT2D eigenvalue weighted by Gasteiger charge is -2.05. The van der Waals surface area contributed by atoms with Gasteiger partial charge in [0.2, 0.25) is 0 Å². The van der Waals surface area contributed by atoms with Gasteiger partial charge in [-0.05, 0) is 58.3 Å². The molecule has 0 aliphatic rings. The average molecular weight is 315 g/mol. The van der Waals surface area contributed by atoms with Crippen molar-refractivity contribution >= 4 is 5.97 Å². The Bertz CT molecular complexity index is 235. The van der Waals surface area contributed by atoms with Gasteiger partial charge in [-0.3, -0.25) is 4.79 Å². The summed E-state index contributed by atoms with van der Waals surface area (Å²) >= 11 is 0. The van der Waals surface area contributed by atoms with E-state index in [9.17, 15) is 4.79 Å². The quantitative estimate of drug-likeness (QED) is 0.335. The van der Waals surface area contributed by atoms with E-state index in [1.165, 1.54) is 64.5 Å². The van der Waals surface area contributed by atoms with Gasteiger partial charge in [-0.15, -0.1) is 0 Å². The molecule has 0 atom stereocenters. The molecule has 0 aliphatic carbocycles. The maximum absolute atomic E-state index is 10.3. The van der Waals surface area contributed by atoms with Gasteiger partial charge >= 0.3 is 5.97 Å². The summed E-state index contributed by atoms with van der Waals surface area (Å²) in [5, 5.41) is 15.5. The Hall–Kier alpha value is -0.610. The predicted octanol–water partition coefficient (Wildman–Crippen LogP) is 3.95. The van der Waals surface area contributed by atoms with E-state index in [1.54, 1.807) is 0 Å². The fourth-order valence-corrected chi connectivity index (χ4v) is 2.46. The van der Waals surface area contributed by atoms with Crippen molar-refractivity contribution in [3.63, 3.8) is 0 Å². The van der Waals surface area contributed by atoms with Gasteiger partial charge in [-0.2, -0.15) is 0 Å². The van der Waals surface area contributed by atoms with Crippen LogP contribution in [-0.4, -0.2) is 37.3 Å². The van der Waals surface area contributed by atoms with E-state index in [0.717, 1.165) is 32.4 Å². The molecule has 0 spiro atoms. The molecular weight excluding hydrogens is 276 g/mol. The fraction of sp³-hybridized carbons (Fsp3) is 0.944. The fourth-order valence-electron chi connectivity index (χ4n) is 2.46. The molecule has 0 aliphatic heterocycles. The van der Waals surface area contributed by atoms with E-state index in [0.29, 0.717) is 6.42 Å². The molecular formula is C18H38N2O2. The Morgan fingerprint density at radius 2 is 1.09 bits per heavy atom. The zero-order valence-corrected chi connectivity index (χ0v) is 14.7. The molecule has 4 heteroatoms. The molecule has 0 aromatic carbocycles. The Morgan fingerprint density at radius 1 is 0.682 bits per heavy atom. The van der Waals surface area contributed by atoms with Crippen molar-refractivity contribution in [3.05, 3.63) is 0 Å². The number of carboxylic acid groups (broad SMARTS) is 1. The molecule has 3 N–H and O–H groups in total. The van der Waals surface area contributed by atoms with Crippen molar-refractivity contribution in [3.8, 4) is 0 Å². The van der Waals surface area contributed by atoms with E-state index < -0.39 is 5.97 Å². The highest BCUT2D eigenvalue weighted by molar-refractivity contribution is 5.66. The third-order valence-electron chi connectivity index (χ3n) is 3.91. The monoisotopic (exact) mass is 314 g/mol. The van der Waals surface area contributed by atoms with E-state index in [2.05, 4.69) is 17.6 Å². The maximum atomic E-state index is 10.3. The van der Waals surface area contributed by atoms with Gasteiger partial charge in [0.05, 0.1) is 0 Å². The van der Waals surface area contributed by atoms with Gasteiger partial charge in [0, 0.05) is 6.42 Å². The molecule has 0 saturated carbocycles. The SMILES string of the molecule is CCCCNCCCCCCCCNCCCCCC(=O)O. The summed E-state index contributed by atoms with van der Waals surface area (Å²) in [4.78, 5) is 10.3. The second-order valence-corrected chi connectivity index (χ2v) is 6.18. The lowest BCUT2D eigenvalue weighted by molar-refractivity contribution is -0.137. The first kappa shape index (κ1) is 21.4. The van der Waals surface area contributed by atoms with Crippen LogP contribution in [0.1, 0.15) is 84.0 Å². The number of hydrogen-bond acceptors (Lipinski definition) is 3. The zero-order valence-electron chi connectivity index (χ0n) is 14.7. The second-order valence-electron chi connectivity index (χ2n) is 6.18. The molecule has 0 heterocycles. The van der Waals surface area contributed by atoms with E-state index in [4.69, 9.17) is 5.11 Å². The van der Waals surface area contributed by atoms with Crippen molar-refractivity contribution in [1.82, 2.24) is 10.6 Å². The molecule has 0 saturated heterocycles. The first-order valence-electron chi connectivity index (χ1n) is 9.40. The van der Waals surface area contributed by atoms with Gasteiger partial charge < -0.3 is 15.7 Å². The third-order valence-corrected chi connectivity index (χ3v) is 3.91. The Balaban J connectivity index is 2.95. The van der Waals surface area contributed by atoms with Crippen LogP contribution in [0.5, 0.6) is 0 Å². The summed E-state index contributed by atoms with van der Waals surface area (Å²) in [5.74, 6) is -0.676. The van der Waals surface area contributed by atoms with Crippen LogP contribution < -0.4 is 10.6 Å². The molecule has 0 aromatic rings. The molecule has 4 nitrogen and oxygen atoms in total. The van der Waals surface area contributed by atoms with Gasteiger partial charge in [-0.25, -0.2) is 0 Å². The molecule has 0 rings (SSSR count). The summed E-state index contributed by atoms with van der Waals surface area (Å²) in [7, 11) is 0. The molecule has 0 amide bonds. The summed E-state index contributed by atoms with van der Waals surface area (Å²) in [6.07, 6.45) is 13.8. The van der Waals surface area contributed by atoms with Crippen LogP contribution in [0.15, 0.2) is 0 Å². The number of nitrogens with one attached hydrogen (secondary N) is 2. The van der Waals surface area contributed by atoms with Crippen LogP contribution in [0.3, 0.4) is 0 Å². The Kier molecular flexibility index (Phi) is 17.9. The molecule has 0 radical (unpaired) electrons. The van der Waals surface area contributed by atoms with Crippen LogP contribution in [0.4, 0.5) is 0 Å². The number of unbranched alkanes of at least 4 members (excludes halogenated alkanes) is 8. The number of carboxylic acids is 1. The lowest BCUT2D eigenvalue weighted by atomic mass is 10.1. The van der Waals surface area contributed by atoms with Gasteiger partial charge in [0.1, 0.15) is 0 Å². The van der Waals surface area contributed by atoms with E-state index in [-0.39, 0.29) is 0 Å². The first-order valence-corrected chi connectivity index (χ1v) is 9.40. The van der Waals surface area contributed by atoms with Crippen LogP contribution >= 0.6 is 0 Å². The highest BCUT2D eigenvalue weighted by atomic mass is 16.4. The Labute approximate surface area is 137 Å². The summed E-state index contributed by atoms with van der Waals surface area (Å²) in [5.41, 5.74) is 0. The van der Waals surface area contributed by atoms with Crippen molar-refractivity contribution in [1.29, 1.82) is 0 Å². The molecule has 132 valence electrons. The normalized spacial score (nSPS) is 11.0. The first-order chi connectivity index (χ1) is 10.8. The lowest BCUT2D eigenvalue weighted by Crippen LogP contribution is -2.16. The number of aliphatic carboxylic acids is 1. The smallest absolute Gasteiger partial charge is 0.303 e. The third kappa shape index (κ3) is 19.4. The average Bonchev–Trinajstić information content (AvgIpc) is 2.50. The van der Waals surface area contributed by atoms with Crippen molar-refractivity contribution in [2.45, 2.75) is 84.0 Å². The van der Waals surface area contributed by atoms with Crippen LogP contribution in [-0.2, 0) is 4.79 Å². The van der Waals surface area contributed by atoms with Gasteiger partial charge in [-0.1, -0.05) is 45.4 Å². The van der Waals surface area contributed by atoms with Gasteiger partial charge in [0.25, 0.3) is 0 Å². The highest BCUT2D eigenvalue weighted by Crippen LogP contribution is 2.04. The minimum atomic E-state index is -0.676. The predicted molar refractivity (Wildman–Crippen MR) is 94.5 cm³/mol. The van der Waals surface area contributed by atoms with Crippen LogP contribution in [0.2, 0.25) is 0 Å². The molecule has 22 heavy (non-hydrogen) atoms. The van der Waals surface area contributed by atoms with Crippen molar-refractivity contribution < 1.29 is 9.90 Å². The topological polar surface area (TPSA) is 61.4 Å². The van der Waals surface area contributed by atoms with Crippen molar-refractivity contribution in [2.75, 3.05) is 26.2 Å². The molecule has 0 bridgehead atoms. The summed E-state index contributed by atoms with van der Waals surface area (Å²) in [6.45, 7) is 6.73. The number of hydrogen-bond donors (Lipinski definition) is 3. The minimum absolute atomic E-state index is 0.314. The maximum Gasteiger partial charge on any atom is 0.303 e. The van der Waals surface area contributed by atoms with Gasteiger partial charge in [0.15, 0.2) is 0 Å². The van der Waals surface area contributed by atoms with Crippen molar-refractivity contribution in [2.24, 2.45) is 0 Å². The van der Waals surface area contributed by atoms with E-state index >= 15 is 0 Å². The zero-order chi connectivity index (χ0) is 16.3. The number of carbonyl (C=O) groups is 1. The molecule has 0 unspecified atom stereocenters. The minimum Gasteiger partial charge on any atom is -0.481 e.